The highest BCUT2D eigenvalue weighted by atomic mass is 32.2. The highest BCUT2D eigenvalue weighted by molar-refractivity contribution is 7.90. The first-order valence-electron chi connectivity index (χ1n) is 8.59. The number of rotatable bonds is 5. The van der Waals surface area contributed by atoms with Gasteiger partial charge in [0.05, 0.1) is 23.7 Å². The number of fused-ring (bicyclic) bond motifs is 2. The maximum Gasteiger partial charge on any atom is 0.150 e. The zero-order valence-corrected chi connectivity index (χ0v) is 15.4. The molecule has 2 aromatic heterocycles. The van der Waals surface area contributed by atoms with E-state index in [1.807, 2.05) is 16.9 Å². The Balaban J connectivity index is 1.50. The van der Waals surface area contributed by atoms with Crippen LogP contribution in [0.15, 0.2) is 36.5 Å². The van der Waals surface area contributed by atoms with Gasteiger partial charge in [0.15, 0.2) is 0 Å². The topological polar surface area (TPSA) is 91.2 Å². The molecule has 7 nitrogen and oxygen atoms in total. The molecule has 0 aliphatic carbocycles. The van der Waals surface area contributed by atoms with Crippen LogP contribution in [0.3, 0.4) is 0 Å². The van der Waals surface area contributed by atoms with Crippen LogP contribution in [0.5, 0.6) is 0 Å². The Hall–Kier alpha value is -2.16. The Kier molecular flexibility index (Phi) is 4.34. The van der Waals surface area contributed by atoms with Crippen molar-refractivity contribution in [1.29, 1.82) is 0 Å². The molecule has 0 radical (unpaired) electrons. The standard InChI is InChI=1S/C18H22N4O3S/c1-26(24,25)12-17(23)16-9-15-11-21(7-8-22(15)20-16)10-14-4-2-3-13-5-6-19-18(13)14/h2-6,9,17,19,23H,7-8,10-12H2,1H3/t17-/m0/s1. The summed E-state index contributed by atoms with van der Waals surface area (Å²) in [6.45, 7) is 3.12. The largest absolute Gasteiger partial charge is 0.386 e. The number of aromatic nitrogens is 3. The SMILES string of the molecule is CS(=O)(=O)C[C@H](O)c1cc2n(n1)CCN(Cc1cccc3cc[nH]c13)C2. The Morgan fingerprint density at radius 1 is 1.31 bits per heavy atom. The van der Waals surface area contributed by atoms with Crippen LogP contribution in [0.25, 0.3) is 10.9 Å². The van der Waals surface area contributed by atoms with Gasteiger partial charge in [-0.1, -0.05) is 18.2 Å². The molecule has 1 aromatic carbocycles. The predicted octanol–water partition coefficient (Wildman–Crippen LogP) is 1.46. The van der Waals surface area contributed by atoms with E-state index in [4.69, 9.17) is 0 Å². The molecule has 0 saturated carbocycles. The van der Waals surface area contributed by atoms with Crippen LogP contribution in [0.4, 0.5) is 0 Å². The van der Waals surface area contributed by atoms with Crippen LogP contribution in [0, 0.1) is 0 Å². The van der Waals surface area contributed by atoms with Gasteiger partial charge >= 0.3 is 0 Å². The van der Waals surface area contributed by atoms with E-state index in [1.54, 1.807) is 0 Å². The quantitative estimate of drug-likeness (QED) is 0.705. The molecule has 0 bridgehead atoms. The number of aliphatic hydroxyl groups is 1. The molecule has 0 unspecified atom stereocenters. The summed E-state index contributed by atoms with van der Waals surface area (Å²) < 4.78 is 24.7. The lowest BCUT2D eigenvalue weighted by atomic mass is 10.1. The second-order valence-electron chi connectivity index (χ2n) is 6.96. The van der Waals surface area contributed by atoms with Crippen LogP contribution in [-0.2, 0) is 29.5 Å². The van der Waals surface area contributed by atoms with Gasteiger partial charge in [-0.05, 0) is 23.1 Å². The molecule has 2 N–H and O–H groups in total. The molecule has 4 rings (SSSR count). The van der Waals surface area contributed by atoms with Crippen LogP contribution in [0.1, 0.15) is 23.1 Å². The van der Waals surface area contributed by atoms with E-state index >= 15 is 0 Å². The molecule has 8 heteroatoms. The number of sulfone groups is 1. The summed E-state index contributed by atoms with van der Waals surface area (Å²) in [6, 6.07) is 10.2. The molecule has 0 spiro atoms. The normalized spacial score (nSPS) is 16.7. The van der Waals surface area contributed by atoms with E-state index in [0.717, 1.165) is 43.6 Å². The van der Waals surface area contributed by atoms with E-state index in [0.29, 0.717) is 5.69 Å². The number of nitrogens with zero attached hydrogens (tertiary/aromatic N) is 3. The van der Waals surface area contributed by atoms with Crippen molar-refractivity contribution in [2.24, 2.45) is 0 Å². The number of hydrogen-bond donors (Lipinski definition) is 2. The lowest BCUT2D eigenvalue weighted by Gasteiger charge is -2.27. The van der Waals surface area contributed by atoms with E-state index in [1.165, 1.54) is 10.9 Å². The number of para-hydroxylation sites is 1. The van der Waals surface area contributed by atoms with Crippen molar-refractivity contribution < 1.29 is 13.5 Å². The number of nitrogens with one attached hydrogen (secondary N) is 1. The number of hydrogen-bond acceptors (Lipinski definition) is 5. The highest BCUT2D eigenvalue weighted by Crippen LogP contribution is 2.23. The lowest BCUT2D eigenvalue weighted by Crippen LogP contribution is -2.33. The Bertz CT molecular complexity index is 1040. The highest BCUT2D eigenvalue weighted by Gasteiger charge is 2.23. The average Bonchev–Trinajstić information content (AvgIpc) is 3.19. The molecule has 138 valence electrons. The Morgan fingerprint density at radius 2 is 2.15 bits per heavy atom. The smallest absolute Gasteiger partial charge is 0.150 e. The molecular weight excluding hydrogens is 352 g/mol. The van der Waals surface area contributed by atoms with Crippen molar-refractivity contribution in [2.45, 2.75) is 25.7 Å². The summed E-state index contributed by atoms with van der Waals surface area (Å²) in [5.74, 6) is -0.304. The van der Waals surface area contributed by atoms with Crippen LogP contribution < -0.4 is 0 Å². The number of benzene rings is 1. The van der Waals surface area contributed by atoms with Gasteiger partial charge in [0.2, 0.25) is 0 Å². The monoisotopic (exact) mass is 374 g/mol. The van der Waals surface area contributed by atoms with Crippen LogP contribution in [0.2, 0.25) is 0 Å². The van der Waals surface area contributed by atoms with E-state index < -0.39 is 15.9 Å². The minimum Gasteiger partial charge on any atom is -0.386 e. The van der Waals surface area contributed by atoms with Crippen molar-refractivity contribution in [3.05, 3.63) is 53.5 Å². The second kappa shape index (κ2) is 6.53. The summed E-state index contributed by atoms with van der Waals surface area (Å²) in [7, 11) is -3.25. The molecule has 3 aromatic rings. The minimum atomic E-state index is -3.25. The van der Waals surface area contributed by atoms with Gasteiger partial charge in [-0.15, -0.1) is 0 Å². The van der Waals surface area contributed by atoms with Gasteiger partial charge in [0.1, 0.15) is 15.9 Å². The molecule has 3 heterocycles. The van der Waals surface area contributed by atoms with E-state index in [2.05, 4.69) is 39.2 Å². The third-order valence-corrected chi connectivity index (χ3v) is 5.69. The molecule has 26 heavy (non-hydrogen) atoms. The first-order chi connectivity index (χ1) is 12.4. The van der Waals surface area contributed by atoms with Crippen LogP contribution >= 0.6 is 0 Å². The van der Waals surface area contributed by atoms with Crippen molar-refractivity contribution in [1.82, 2.24) is 19.7 Å². The third kappa shape index (κ3) is 3.53. The Labute approximate surface area is 152 Å². The van der Waals surface area contributed by atoms with Gasteiger partial charge in [0, 0.05) is 37.6 Å². The van der Waals surface area contributed by atoms with Crippen molar-refractivity contribution in [3.8, 4) is 0 Å². The number of aliphatic hydroxyl groups excluding tert-OH is 1. The number of aromatic amines is 1. The summed E-state index contributed by atoms with van der Waals surface area (Å²) >= 11 is 0. The van der Waals surface area contributed by atoms with E-state index in [9.17, 15) is 13.5 Å². The van der Waals surface area contributed by atoms with Crippen molar-refractivity contribution >= 4 is 20.7 Å². The molecular formula is C18H22N4O3S. The van der Waals surface area contributed by atoms with Gasteiger partial charge < -0.3 is 10.1 Å². The Morgan fingerprint density at radius 3 is 2.96 bits per heavy atom. The minimum absolute atomic E-state index is 0.304. The predicted molar refractivity (Wildman–Crippen MR) is 99.3 cm³/mol. The summed E-state index contributed by atoms with van der Waals surface area (Å²) in [4.78, 5) is 5.64. The zero-order valence-electron chi connectivity index (χ0n) is 14.6. The molecule has 0 amide bonds. The van der Waals surface area contributed by atoms with Gasteiger partial charge in [-0.3, -0.25) is 9.58 Å². The summed E-state index contributed by atoms with van der Waals surface area (Å²) in [6.07, 6.45) is 1.99. The van der Waals surface area contributed by atoms with Crippen molar-refractivity contribution in [2.75, 3.05) is 18.6 Å². The molecule has 0 fully saturated rings. The third-order valence-electron chi connectivity index (χ3n) is 4.77. The first-order valence-corrected chi connectivity index (χ1v) is 10.6. The maximum absolute atomic E-state index is 11.4. The van der Waals surface area contributed by atoms with E-state index in [-0.39, 0.29) is 5.75 Å². The van der Waals surface area contributed by atoms with Crippen LogP contribution in [-0.4, -0.2) is 51.7 Å². The lowest BCUT2D eigenvalue weighted by molar-refractivity contribution is 0.191. The second-order valence-corrected chi connectivity index (χ2v) is 9.15. The summed E-state index contributed by atoms with van der Waals surface area (Å²) in [5, 5.41) is 15.7. The fraction of sp³-hybridized carbons (Fsp3) is 0.389. The van der Waals surface area contributed by atoms with Crippen molar-refractivity contribution in [3.63, 3.8) is 0 Å². The molecule has 1 aliphatic rings. The average molecular weight is 374 g/mol. The molecule has 0 saturated heterocycles. The first kappa shape index (κ1) is 17.3. The fourth-order valence-corrected chi connectivity index (χ4v) is 4.28. The molecule has 1 atom stereocenters. The van der Waals surface area contributed by atoms with Gasteiger partial charge in [-0.25, -0.2) is 8.42 Å². The zero-order chi connectivity index (χ0) is 18.3. The maximum atomic E-state index is 11.4. The molecule has 1 aliphatic heterocycles. The fourth-order valence-electron chi connectivity index (χ4n) is 3.54. The number of H-pyrrole nitrogens is 1. The van der Waals surface area contributed by atoms with Gasteiger partial charge in [-0.2, -0.15) is 5.10 Å². The summed E-state index contributed by atoms with van der Waals surface area (Å²) in [5.41, 5.74) is 3.84. The van der Waals surface area contributed by atoms with Gasteiger partial charge in [0.25, 0.3) is 0 Å².